The van der Waals surface area contributed by atoms with Crippen LogP contribution < -0.4 is 10.6 Å². The second kappa shape index (κ2) is 6.52. The lowest BCUT2D eigenvalue weighted by molar-refractivity contribution is -0.140. The zero-order valence-corrected chi connectivity index (χ0v) is 12.4. The fraction of sp³-hybridized carbons (Fsp3) is 0.467. The molecule has 0 radical (unpaired) electrons. The first-order valence-corrected chi connectivity index (χ1v) is 6.46. The number of esters is 1. The van der Waals surface area contributed by atoms with Gasteiger partial charge in [-0.15, -0.1) is 0 Å². The average Bonchev–Trinajstić information content (AvgIpc) is 2.42. The van der Waals surface area contributed by atoms with E-state index >= 15 is 0 Å². The van der Waals surface area contributed by atoms with E-state index in [1.165, 1.54) is 12.0 Å². The van der Waals surface area contributed by atoms with Gasteiger partial charge in [-0.05, 0) is 17.5 Å². The molecule has 0 aliphatic heterocycles. The molecule has 1 aromatic carbocycles. The molecule has 0 aliphatic rings. The molecule has 0 bridgehead atoms. The topological polar surface area (TPSA) is 72.6 Å². The van der Waals surface area contributed by atoms with Crippen LogP contribution in [0.5, 0.6) is 0 Å². The number of carbonyl (C=O) groups is 2. The molecule has 0 spiro atoms. The van der Waals surface area contributed by atoms with Crippen LogP contribution in [0, 0.1) is 5.41 Å². The van der Waals surface area contributed by atoms with Crippen LogP contribution in [0.4, 0.5) is 5.69 Å². The zero-order chi connectivity index (χ0) is 15.3. The minimum Gasteiger partial charge on any atom is -0.468 e. The standard InChI is InChI=1S/C15H22N2O3/c1-15(2,3)13(16)14(19)17(10-12(18)20-4)11-8-6-5-7-9-11/h5-9,13H,10,16H2,1-4H3/t13-/m1/s1. The second-order valence-corrected chi connectivity index (χ2v) is 5.68. The number of methoxy groups -OCH3 is 1. The van der Waals surface area contributed by atoms with Gasteiger partial charge >= 0.3 is 5.97 Å². The van der Waals surface area contributed by atoms with Gasteiger partial charge in [-0.3, -0.25) is 14.5 Å². The smallest absolute Gasteiger partial charge is 0.325 e. The number of amides is 1. The Bertz CT molecular complexity index is 466. The monoisotopic (exact) mass is 278 g/mol. The lowest BCUT2D eigenvalue weighted by Crippen LogP contribution is -2.52. The van der Waals surface area contributed by atoms with Crippen LogP contribution in [0.25, 0.3) is 0 Å². The van der Waals surface area contributed by atoms with Gasteiger partial charge in [0.15, 0.2) is 0 Å². The first kappa shape index (κ1) is 16.2. The normalized spacial score (nSPS) is 12.7. The van der Waals surface area contributed by atoms with Gasteiger partial charge in [0.25, 0.3) is 0 Å². The van der Waals surface area contributed by atoms with Crippen molar-refractivity contribution in [3.8, 4) is 0 Å². The molecule has 0 aromatic heterocycles. The Balaban J connectivity index is 3.05. The van der Waals surface area contributed by atoms with E-state index in [-0.39, 0.29) is 17.9 Å². The number of hydrogen-bond acceptors (Lipinski definition) is 4. The average molecular weight is 278 g/mol. The summed E-state index contributed by atoms with van der Waals surface area (Å²) >= 11 is 0. The Morgan fingerprint density at radius 2 is 1.80 bits per heavy atom. The number of benzene rings is 1. The van der Waals surface area contributed by atoms with Crippen molar-refractivity contribution in [2.75, 3.05) is 18.6 Å². The number of para-hydroxylation sites is 1. The van der Waals surface area contributed by atoms with Crippen molar-refractivity contribution < 1.29 is 14.3 Å². The zero-order valence-electron chi connectivity index (χ0n) is 12.4. The molecule has 1 amide bonds. The highest BCUT2D eigenvalue weighted by atomic mass is 16.5. The minimum atomic E-state index is -0.702. The molecule has 1 aromatic rings. The SMILES string of the molecule is COC(=O)CN(C(=O)[C@@H](N)C(C)(C)C)c1ccccc1. The lowest BCUT2D eigenvalue weighted by atomic mass is 9.86. The molecule has 20 heavy (non-hydrogen) atoms. The molecule has 2 N–H and O–H groups in total. The molecular formula is C15H22N2O3. The number of carbonyl (C=O) groups excluding carboxylic acids is 2. The summed E-state index contributed by atoms with van der Waals surface area (Å²) in [6.45, 7) is 5.51. The Morgan fingerprint density at radius 3 is 2.25 bits per heavy atom. The molecule has 0 aliphatic carbocycles. The van der Waals surface area contributed by atoms with E-state index in [9.17, 15) is 9.59 Å². The van der Waals surface area contributed by atoms with Crippen molar-refractivity contribution in [1.29, 1.82) is 0 Å². The third kappa shape index (κ3) is 4.06. The molecule has 1 rings (SSSR count). The predicted molar refractivity (Wildman–Crippen MR) is 78.2 cm³/mol. The second-order valence-electron chi connectivity index (χ2n) is 5.68. The first-order chi connectivity index (χ1) is 9.27. The summed E-state index contributed by atoms with van der Waals surface area (Å²) in [5.41, 5.74) is 6.25. The summed E-state index contributed by atoms with van der Waals surface area (Å²) < 4.78 is 4.64. The van der Waals surface area contributed by atoms with Gasteiger partial charge in [-0.1, -0.05) is 39.0 Å². The Kier molecular flexibility index (Phi) is 5.27. The number of anilines is 1. The largest absolute Gasteiger partial charge is 0.468 e. The molecular weight excluding hydrogens is 256 g/mol. The van der Waals surface area contributed by atoms with Crippen molar-refractivity contribution >= 4 is 17.6 Å². The highest BCUT2D eigenvalue weighted by Gasteiger charge is 2.32. The van der Waals surface area contributed by atoms with Crippen molar-refractivity contribution in [1.82, 2.24) is 0 Å². The number of rotatable bonds is 4. The lowest BCUT2D eigenvalue weighted by Gasteiger charge is -2.31. The Hall–Kier alpha value is -1.88. The summed E-state index contributed by atoms with van der Waals surface area (Å²) in [5.74, 6) is -0.780. The van der Waals surface area contributed by atoms with E-state index < -0.39 is 12.0 Å². The van der Waals surface area contributed by atoms with E-state index in [0.29, 0.717) is 5.69 Å². The molecule has 5 heteroatoms. The van der Waals surface area contributed by atoms with Crippen molar-refractivity contribution in [2.45, 2.75) is 26.8 Å². The molecule has 0 fully saturated rings. The maximum atomic E-state index is 12.5. The van der Waals surface area contributed by atoms with Gasteiger partial charge in [0.05, 0.1) is 13.2 Å². The molecule has 0 heterocycles. The molecule has 110 valence electrons. The fourth-order valence-electron chi connectivity index (χ4n) is 1.64. The van der Waals surface area contributed by atoms with Crippen molar-refractivity contribution in [3.63, 3.8) is 0 Å². The Morgan fingerprint density at radius 1 is 1.25 bits per heavy atom. The number of nitrogens with zero attached hydrogens (tertiary/aromatic N) is 1. The maximum Gasteiger partial charge on any atom is 0.325 e. The highest BCUT2D eigenvalue weighted by Crippen LogP contribution is 2.22. The molecule has 1 atom stereocenters. The quantitative estimate of drug-likeness (QED) is 0.848. The van der Waals surface area contributed by atoms with Crippen molar-refractivity contribution in [3.05, 3.63) is 30.3 Å². The van der Waals surface area contributed by atoms with Crippen LogP contribution in [0.3, 0.4) is 0 Å². The van der Waals surface area contributed by atoms with Crippen LogP contribution in [0.15, 0.2) is 30.3 Å². The van der Waals surface area contributed by atoms with Crippen LogP contribution in [-0.4, -0.2) is 31.6 Å². The Labute approximate surface area is 119 Å². The van der Waals surface area contributed by atoms with Gasteiger partial charge < -0.3 is 10.5 Å². The van der Waals surface area contributed by atoms with E-state index in [4.69, 9.17) is 5.73 Å². The van der Waals surface area contributed by atoms with Gasteiger partial charge in [0.2, 0.25) is 5.91 Å². The summed E-state index contributed by atoms with van der Waals surface area (Å²) in [4.78, 5) is 25.4. The third-order valence-corrected chi connectivity index (χ3v) is 3.05. The van der Waals surface area contributed by atoms with Crippen molar-refractivity contribution in [2.24, 2.45) is 11.1 Å². The van der Waals surface area contributed by atoms with E-state index in [0.717, 1.165) is 0 Å². The number of ether oxygens (including phenoxy) is 1. The van der Waals surface area contributed by atoms with Crippen LogP contribution in [-0.2, 0) is 14.3 Å². The van der Waals surface area contributed by atoms with Gasteiger partial charge in [0, 0.05) is 5.69 Å². The first-order valence-electron chi connectivity index (χ1n) is 6.46. The summed E-state index contributed by atoms with van der Waals surface area (Å²) in [6.07, 6.45) is 0. The number of hydrogen-bond donors (Lipinski definition) is 1. The van der Waals surface area contributed by atoms with E-state index in [1.807, 2.05) is 26.8 Å². The van der Waals surface area contributed by atoms with Crippen LogP contribution in [0.1, 0.15) is 20.8 Å². The van der Waals surface area contributed by atoms with E-state index in [1.54, 1.807) is 24.3 Å². The summed E-state index contributed by atoms with van der Waals surface area (Å²) in [5, 5.41) is 0. The molecule has 5 nitrogen and oxygen atoms in total. The summed E-state index contributed by atoms with van der Waals surface area (Å²) in [6, 6.07) is 8.26. The molecule has 0 saturated carbocycles. The molecule has 0 saturated heterocycles. The van der Waals surface area contributed by atoms with Crippen LogP contribution >= 0.6 is 0 Å². The highest BCUT2D eigenvalue weighted by molar-refractivity contribution is 6.00. The van der Waals surface area contributed by atoms with Crippen LogP contribution in [0.2, 0.25) is 0 Å². The fourth-order valence-corrected chi connectivity index (χ4v) is 1.64. The third-order valence-electron chi connectivity index (χ3n) is 3.05. The summed E-state index contributed by atoms with van der Waals surface area (Å²) in [7, 11) is 1.29. The van der Waals surface area contributed by atoms with E-state index in [2.05, 4.69) is 4.74 Å². The van der Waals surface area contributed by atoms with Gasteiger partial charge in [-0.25, -0.2) is 0 Å². The minimum absolute atomic E-state index is 0.150. The van der Waals surface area contributed by atoms with Gasteiger partial charge in [-0.2, -0.15) is 0 Å². The number of nitrogens with two attached hydrogens (primary N) is 1. The maximum absolute atomic E-state index is 12.5. The van der Waals surface area contributed by atoms with Gasteiger partial charge in [0.1, 0.15) is 6.54 Å². The predicted octanol–water partition coefficient (Wildman–Crippen LogP) is 1.57. The molecule has 0 unspecified atom stereocenters.